The average molecular weight is 439 g/mol. The van der Waals surface area contributed by atoms with Gasteiger partial charge in [0.15, 0.2) is 5.78 Å². The van der Waals surface area contributed by atoms with Gasteiger partial charge in [0.25, 0.3) is 0 Å². The third-order valence-electron chi connectivity index (χ3n) is 5.28. The van der Waals surface area contributed by atoms with E-state index in [-0.39, 0.29) is 23.8 Å². The van der Waals surface area contributed by atoms with Crippen molar-refractivity contribution in [2.45, 2.75) is 77.7 Å². The number of Topliss-reactive ketones (excluding diaryl/α,β-unsaturated/α-hetero) is 1. The van der Waals surface area contributed by atoms with E-state index < -0.39 is 23.7 Å². The van der Waals surface area contributed by atoms with Gasteiger partial charge in [-0.05, 0) is 52.0 Å². The number of thiophene rings is 1. The van der Waals surface area contributed by atoms with E-state index in [1.807, 2.05) is 38.3 Å². The normalized spacial score (nSPS) is 19.8. The predicted octanol–water partition coefficient (Wildman–Crippen LogP) is 3.42. The van der Waals surface area contributed by atoms with Crippen LogP contribution in [0.2, 0.25) is 0 Å². The van der Waals surface area contributed by atoms with Gasteiger partial charge >= 0.3 is 6.09 Å². The van der Waals surface area contributed by atoms with Gasteiger partial charge in [-0.25, -0.2) is 4.79 Å². The first-order valence-electron chi connectivity index (χ1n) is 10.4. The highest BCUT2D eigenvalue weighted by Crippen LogP contribution is 2.28. The van der Waals surface area contributed by atoms with Gasteiger partial charge in [-0.15, -0.1) is 11.3 Å². The fourth-order valence-electron chi connectivity index (χ4n) is 3.75. The van der Waals surface area contributed by atoms with Crippen molar-refractivity contribution in [1.82, 2.24) is 10.2 Å². The number of ether oxygens (including phenoxy) is 2. The molecular weight excluding hydrogens is 404 g/mol. The molecule has 30 heavy (non-hydrogen) atoms. The van der Waals surface area contributed by atoms with Crippen LogP contribution < -0.4 is 5.32 Å². The highest BCUT2D eigenvalue weighted by molar-refractivity contribution is 7.09. The topological polar surface area (TPSA) is 84.9 Å². The monoisotopic (exact) mass is 438 g/mol. The molecule has 0 bridgehead atoms. The molecule has 168 valence electrons. The lowest BCUT2D eigenvalue weighted by molar-refractivity contribution is -0.134. The number of ketones is 1. The molecule has 0 saturated carbocycles. The largest absolute Gasteiger partial charge is 0.444 e. The van der Waals surface area contributed by atoms with E-state index in [9.17, 15) is 14.4 Å². The van der Waals surface area contributed by atoms with E-state index in [0.29, 0.717) is 13.0 Å². The molecule has 2 amide bonds. The zero-order valence-corrected chi connectivity index (χ0v) is 19.6. The molecule has 0 aromatic carbocycles. The summed E-state index contributed by atoms with van der Waals surface area (Å²) in [4.78, 5) is 40.4. The SMILES string of the molecule is CO[C@H]([C@@H](C)C(=O)NC(Cc1cccs1)C(C)=O)[C@@H]1CCCN1C(=O)OC(C)(C)C. The molecule has 1 aromatic rings. The lowest BCUT2D eigenvalue weighted by Gasteiger charge is -2.35. The van der Waals surface area contributed by atoms with E-state index >= 15 is 0 Å². The fraction of sp³-hybridized carbons (Fsp3) is 0.682. The Morgan fingerprint density at radius 1 is 1.33 bits per heavy atom. The van der Waals surface area contributed by atoms with Crippen molar-refractivity contribution in [1.29, 1.82) is 0 Å². The van der Waals surface area contributed by atoms with Gasteiger partial charge < -0.3 is 19.7 Å². The maximum absolute atomic E-state index is 13.0. The lowest BCUT2D eigenvalue weighted by Crippen LogP contribution is -2.52. The van der Waals surface area contributed by atoms with Gasteiger partial charge in [0.2, 0.25) is 5.91 Å². The molecule has 2 rings (SSSR count). The summed E-state index contributed by atoms with van der Waals surface area (Å²) in [6.07, 6.45) is 1.15. The number of methoxy groups -OCH3 is 1. The van der Waals surface area contributed by atoms with Crippen LogP contribution in [0, 0.1) is 5.92 Å². The summed E-state index contributed by atoms with van der Waals surface area (Å²) in [5, 5.41) is 4.83. The first kappa shape index (κ1) is 24.3. The van der Waals surface area contributed by atoms with Gasteiger partial charge in [0, 0.05) is 25.0 Å². The minimum absolute atomic E-state index is 0.0887. The van der Waals surface area contributed by atoms with Crippen LogP contribution in [0.15, 0.2) is 17.5 Å². The van der Waals surface area contributed by atoms with Gasteiger partial charge in [0.05, 0.1) is 24.1 Å². The molecular formula is C22H34N2O5S. The van der Waals surface area contributed by atoms with Crippen molar-refractivity contribution in [2.24, 2.45) is 5.92 Å². The minimum atomic E-state index is -0.591. The van der Waals surface area contributed by atoms with E-state index in [0.717, 1.165) is 17.7 Å². The summed E-state index contributed by atoms with van der Waals surface area (Å²) in [7, 11) is 1.55. The van der Waals surface area contributed by atoms with Crippen LogP contribution in [0.1, 0.15) is 52.3 Å². The number of nitrogens with zero attached hydrogens (tertiary/aromatic N) is 1. The number of rotatable bonds is 8. The zero-order valence-electron chi connectivity index (χ0n) is 18.8. The predicted molar refractivity (Wildman–Crippen MR) is 117 cm³/mol. The molecule has 0 spiro atoms. The Bertz CT molecular complexity index is 728. The number of hydrogen-bond acceptors (Lipinski definition) is 6. The van der Waals surface area contributed by atoms with Crippen molar-refractivity contribution in [2.75, 3.05) is 13.7 Å². The maximum atomic E-state index is 13.0. The standard InChI is InChI=1S/C22H34N2O5S/c1-14(20(26)23-17(15(2)25)13-16-9-8-12-30-16)19(28-6)18-10-7-11-24(18)21(27)29-22(3,4)5/h8-9,12,14,17-19H,7,10-11,13H2,1-6H3,(H,23,26)/t14-,17?,18+,19-/m1/s1. The van der Waals surface area contributed by atoms with E-state index in [4.69, 9.17) is 9.47 Å². The second-order valence-corrected chi connectivity index (χ2v) is 9.86. The lowest BCUT2D eigenvalue weighted by atomic mass is 9.94. The molecule has 1 saturated heterocycles. The molecule has 7 nitrogen and oxygen atoms in total. The zero-order chi connectivity index (χ0) is 22.5. The Balaban J connectivity index is 2.07. The molecule has 0 aliphatic carbocycles. The van der Waals surface area contributed by atoms with Crippen LogP contribution in [-0.2, 0) is 25.5 Å². The summed E-state index contributed by atoms with van der Waals surface area (Å²) in [5.41, 5.74) is -0.591. The molecule has 1 aliphatic rings. The Labute approximate surface area is 183 Å². The molecule has 8 heteroatoms. The summed E-state index contributed by atoms with van der Waals surface area (Å²) >= 11 is 1.56. The molecule has 1 aliphatic heterocycles. The first-order valence-corrected chi connectivity index (χ1v) is 11.3. The number of amides is 2. The maximum Gasteiger partial charge on any atom is 0.410 e. The van der Waals surface area contributed by atoms with Crippen molar-refractivity contribution < 1.29 is 23.9 Å². The fourth-order valence-corrected chi connectivity index (χ4v) is 4.51. The highest BCUT2D eigenvalue weighted by atomic mass is 32.1. The number of carbonyl (C=O) groups is 3. The van der Waals surface area contributed by atoms with Crippen LogP contribution in [0.3, 0.4) is 0 Å². The van der Waals surface area contributed by atoms with Crippen molar-refractivity contribution in [3.63, 3.8) is 0 Å². The van der Waals surface area contributed by atoms with Gasteiger partial charge in [-0.1, -0.05) is 13.0 Å². The smallest absolute Gasteiger partial charge is 0.410 e. The van der Waals surface area contributed by atoms with Gasteiger partial charge in [-0.2, -0.15) is 0 Å². The van der Waals surface area contributed by atoms with E-state index in [2.05, 4.69) is 5.32 Å². The van der Waals surface area contributed by atoms with Crippen LogP contribution in [0.4, 0.5) is 4.79 Å². The summed E-state index contributed by atoms with van der Waals surface area (Å²) in [6.45, 7) is 9.32. The second-order valence-electron chi connectivity index (χ2n) is 8.83. The Hall–Kier alpha value is -1.93. The molecule has 1 N–H and O–H groups in total. The summed E-state index contributed by atoms with van der Waals surface area (Å²) < 4.78 is 11.2. The third-order valence-corrected chi connectivity index (χ3v) is 6.18. The van der Waals surface area contributed by atoms with Crippen molar-refractivity contribution in [3.05, 3.63) is 22.4 Å². The number of carbonyl (C=O) groups excluding carboxylic acids is 3. The molecule has 1 aromatic heterocycles. The Morgan fingerprint density at radius 3 is 2.57 bits per heavy atom. The van der Waals surface area contributed by atoms with Gasteiger partial charge in [-0.3, -0.25) is 9.59 Å². The molecule has 0 radical (unpaired) electrons. The number of nitrogens with one attached hydrogen (secondary N) is 1. The summed E-state index contributed by atoms with van der Waals surface area (Å²) in [5.74, 6) is -0.878. The van der Waals surface area contributed by atoms with E-state index in [1.54, 1.807) is 30.3 Å². The molecule has 4 atom stereocenters. The third kappa shape index (κ3) is 6.54. The highest BCUT2D eigenvalue weighted by Gasteiger charge is 2.41. The van der Waals surface area contributed by atoms with Crippen molar-refractivity contribution >= 4 is 29.1 Å². The van der Waals surface area contributed by atoms with Crippen LogP contribution in [0.25, 0.3) is 0 Å². The van der Waals surface area contributed by atoms with Crippen LogP contribution in [0.5, 0.6) is 0 Å². The van der Waals surface area contributed by atoms with Crippen molar-refractivity contribution in [3.8, 4) is 0 Å². The van der Waals surface area contributed by atoms with Gasteiger partial charge in [0.1, 0.15) is 5.60 Å². The number of likely N-dealkylation sites (tertiary alicyclic amines) is 1. The quantitative estimate of drug-likeness (QED) is 0.672. The minimum Gasteiger partial charge on any atom is -0.444 e. The summed E-state index contributed by atoms with van der Waals surface area (Å²) in [6, 6.07) is 3.04. The molecule has 1 unspecified atom stereocenters. The Kier molecular flexibility index (Phi) is 8.43. The Morgan fingerprint density at radius 2 is 2.03 bits per heavy atom. The molecule has 2 heterocycles. The second kappa shape index (κ2) is 10.4. The average Bonchev–Trinajstić information content (AvgIpc) is 3.32. The number of hydrogen-bond donors (Lipinski definition) is 1. The first-order chi connectivity index (χ1) is 14.0. The van der Waals surface area contributed by atoms with Crippen LogP contribution >= 0.6 is 11.3 Å². The van der Waals surface area contributed by atoms with Crippen LogP contribution in [-0.4, -0.2) is 60.1 Å². The van der Waals surface area contributed by atoms with E-state index in [1.165, 1.54) is 6.92 Å². The molecule has 1 fully saturated rings.